The van der Waals surface area contributed by atoms with Crippen LogP contribution >= 0.6 is 0 Å². The van der Waals surface area contributed by atoms with E-state index in [0.717, 1.165) is 32.5 Å². The standard InChI is InChI=1S/C16H30N2O5/c1-18(17-20)9-11-23-13-15-7-5-14(6-8-15)12-22-10-3-4-16(19)21-2/h14-15H,3-13H2,1-2H3. The Morgan fingerprint density at radius 1 is 1.09 bits per heavy atom. The molecule has 7 heteroatoms. The molecule has 0 spiro atoms. The molecule has 0 atom stereocenters. The Morgan fingerprint density at radius 3 is 2.17 bits per heavy atom. The number of carbonyl (C=O) groups is 1. The maximum absolute atomic E-state index is 11.0. The van der Waals surface area contributed by atoms with Gasteiger partial charge in [0.1, 0.15) is 0 Å². The molecule has 134 valence electrons. The van der Waals surface area contributed by atoms with E-state index in [1.54, 1.807) is 7.05 Å². The molecule has 0 N–H and O–H groups in total. The Balaban J connectivity index is 1.96. The van der Waals surface area contributed by atoms with Crippen molar-refractivity contribution in [1.29, 1.82) is 0 Å². The van der Waals surface area contributed by atoms with Crippen LogP contribution in [0.1, 0.15) is 38.5 Å². The molecule has 0 aliphatic heterocycles. The van der Waals surface area contributed by atoms with Crippen molar-refractivity contribution in [1.82, 2.24) is 5.01 Å². The number of hydrogen-bond donors (Lipinski definition) is 0. The van der Waals surface area contributed by atoms with Gasteiger partial charge in [0.15, 0.2) is 0 Å². The monoisotopic (exact) mass is 330 g/mol. The minimum atomic E-state index is -0.177. The van der Waals surface area contributed by atoms with Gasteiger partial charge in [0, 0.05) is 33.3 Å². The first kappa shape index (κ1) is 19.8. The SMILES string of the molecule is COC(=O)CCCOCC1CCC(COCCN(C)N=O)CC1. The van der Waals surface area contributed by atoms with E-state index < -0.39 is 0 Å². The van der Waals surface area contributed by atoms with E-state index in [4.69, 9.17) is 9.47 Å². The number of methoxy groups -OCH3 is 1. The number of nitrogens with zero attached hydrogens (tertiary/aromatic N) is 2. The molecule has 0 heterocycles. The highest BCUT2D eigenvalue weighted by Crippen LogP contribution is 2.29. The van der Waals surface area contributed by atoms with Crippen molar-refractivity contribution in [2.75, 3.05) is 47.1 Å². The second-order valence-corrected chi connectivity index (χ2v) is 6.18. The van der Waals surface area contributed by atoms with Crippen LogP contribution in [0.25, 0.3) is 0 Å². The van der Waals surface area contributed by atoms with Gasteiger partial charge in [-0.05, 0) is 43.9 Å². The average Bonchev–Trinajstić information content (AvgIpc) is 2.59. The fraction of sp³-hybridized carbons (Fsp3) is 0.938. The van der Waals surface area contributed by atoms with Crippen LogP contribution < -0.4 is 0 Å². The normalized spacial score (nSPS) is 21.0. The third kappa shape index (κ3) is 9.50. The minimum Gasteiger partial charge on any atom is -0.469 e. The topological polar surface area (TPSA) is 77.4 Å². The molecular formula is C16H30N2O5. The Labute approximate surface area is 138 Å². The molecule has 1 aliphatic carbocycles. The van der Waals surface area contributed by atoms with Crippen LogP contribution in [0.2, 0.25) is 0 Å². The number of esters is 1. The fourth-order valence-corrected chi connectivity index (χ4v) is 2.72. The summed E-state index contributed by atoms with van der Waals surface area (Å²) in [4.78, 5) is 21.2. The molecule has 1 aliphatic rings. The fourth-order valence-electron chi connectivity index (χ4n) is 2.72. The summed E-state index contributed by atoms with van der Waals surface area (Å²) in [5, 5.41) is 4.14. The predicted molar refractivity (Wildman–Crippen MR) is 86.8 cm³/mol. The lowest BCUT2D eigenvalue weighted by atomic mass is 9.83. The highest BCUT2D eigenvalue weighted by Gasteiger charge is 2.21. The molecule has 0 aromatic heterocycles. The van der Waals surface area contributed by atoms with Crippen LogP contribution in [0.15, 0.2) is 5.29 Å². The molecule has 1 rings (SSSR count). The second kappa shape index (κ2) is 12.2. The molecule has 0 radical (unpaired) electrons. The third-order valence-electron chi connectivity index (χ3n) is 4.27. The lowest BCUT2D eigenvalue weighted by Crippen LogP contribution is -2.24. The van der Waals surface area contributed by atoms with E-state index in [2.05, 4.69) is 10.0 Å². The van der Waals surface area contributed by atoms with Gasteiger partial charge >= 0.3 is 5.97 Å². The molecule has 1 saturated carbocycles. The van der Waals surface area contributed by atoms with Gasteiger partial charge < -0.3 is 14.2 Å². The third-order valence-corrected chi connectivity index (χ3v) is 4.27. The highest BCUT2D eigenvalue weighted by molar-refractivity contribution is 5.68. The van der Waals surface area contributed by atoms with Gasteiger partial charge in [-0.1, -0.05) is 0 Å². The second-order valence-electron chi connectivity index (χ2n) is 6.18. The number of rotatable bonds is 12. The number of nitroso groups, excluding NO2 is 1. The van der Waals surface area contributed by atoms with E-state index in [0.29, 0.717) is 38.0 Å². The van der Waals surface area contributed by atoms with Gasteiger partial charge in [-0.2, -0.15) is 0 Å². The molecule has 0 bridgehead atoms. The lowest BCUT2D eigenvalue weighted by Gasteiger charge is -2.28. The minimum absolute atomic E-state index is 0.177. The highest BCUT2D eigenvalue weighted by atomic mass is 16.5. The van der Waals surface area contributed by atoms with E-state index in [-0.39, 0.29) is 5.97 Å². The first-order valence-electron chi connectivity index (χ1n) is 8.42. The van der Waals surface area contributed by atoms with Crippen molar-refractivity contribution in [2.45, 2.75) is 38.5 Å². The van der Waals surface area contributed by atoms with Crippen molar-refractivity contribution in [3.63, 3.8) is 0 Å². The van der Waals surface area contributed by atoms with Gasteiger partial charge in [0.05, 0.1) is 25.5 Å². The predicted octanol–water partition coefficient (Wildman–Crippen LogP) is 2.39. The van der Waals surface area contributed by atoms with Crippen LogP contribution in [0.3, 0.4) is 0 Å². The summed E-state index contributed by atoms with van der Waals surface area (Å²) >= 11 is 0. The average molecular weight is 330 g/mol. The Kier molecular flexibility index (Phi) is 10.6. The zero-order valence-corrected chi connectivity index (χ0v) is 14.4. The molecule has 0 amide bonds. The number of hydrogen-bond acceptors (Lipinski definition) is 6. The molecule has 0 aromatic rings. The summed E-state index contributed by atoms with van der Waals surface area (Å²) in [5.41, 5.74) is 0. The van der Waals surface area contributed by atoms with E-state index in [9.17, 15) is 9.70 Å². The number of ether oxygens (including phenoxy) is 3. The Morgan fingerprint density at radius 2 is 1.65 bits per heavy atom. The van der Waals surface area contributed by atoms with E-state index in [1.807, 2.05) is 0 Å². The van der Waals surface area contributed by atoms with Crippen LogP contribution in [0, 0.1) is 16.7 Å². The van der Waals surface area contributed by atoms with Gasteiger partial charge in [-0.15, -0.1) is 4.91 Å². The lowest BCUT2D eigenvalue weighted by molar-refractivity contribution is -0.141. The van der Waals surface area contributed by atoms with Crippen molar-refractivity contribution in [3.05, 3.63) is 4.91 Å². The van der Waals surface area contributed by atoms with Crippen molar-refractivity contribution in [3.8, 4) is 0 Å². The molecule has 0 unspecified atom stereocenters. The van der Waals surface area contributed by atoms with E-state index in [1.165, 1.54) is 25.0 Å². The van der Waals surface area contributed by atoms with E-state index >= 15 is 0 Å². The van der Waals surface area contributed by atoms with Crippen LogP contribution in [-0.2, 0) is 19.0 Å². The van der Waals surface area contributed by atoms with Gasteiger partial charge in [-0.3, -0.25) is 9.80 Å². The maximum atomic E-state index is 11.0. The summed E-state index contributed by atoms with van der Waals surface area (Å²) in [5.74, 6) is 1.05. The van der Waals surface area contributed by atoms with Gasteiger partial charge in [-0.25, -0.2) is 0 Å². The summed E-state index contributed by atoms with van der Waals surface area (Å²) in [7, 11) is 3.05. The van der Waals surface area contributed by atoms with Crippen LogP contribution in [0.5, 0.6) is 0 Å². The molecule has 7 nitrogen and oxygen atoms in total. The Hall–Kier alpha value is -1.21. The summed E-state index contributed by atoms with van der Waals surface area (Å²) in [6.07, 6.45) is 5.81. The zero-order valence-electron chi connectivity index (χ0n) is 14.4. The quantitative estimate of drug-likeness (QED) is 0.237. The first-order chi connectivity index (χ1) is 11.2. The van der Waals surface area contributed by atoms with Crippen molar-refractivity contribution >= 4 is 5.97 Å². The molecular weight excluding hydrogens is 300 g/mol. The molecule has 1 fully saturated rings. The summed E-state index contributed by atoms with van der Waals surface area (Å²) in [6.45, 7) is 3.25. The van der Waals surface area contributed by atoms with Crippen LogP contribution in [-0.4, -0.2) is 58.1 Å². The molecule has 0 aromatic carbocycles. The van der Waals surface area contributed by atoms with Crippen molar-refractivity contribution in [2.24, 2.45) is 17.1 Å². The largest absolute Gasteiger partial charge is 0.469 e. The molecule has 23 heavy (non-hydrogen) atoms. The zero-order chi connectivity index (χ0) is 16.9. The van der Waals surface area contributed by atoms with Gasteiger partial charge in [0.2, 0.25) is 0 Å². The number of likely N-dealkylation sites (N-methyl/N-ethyl adjacent to an activating group) is 1. The maximum Gasteiger partial charge on any atom is 0.305 e. The number of carbonyl (C=O) groups excluding carboxylic acids is 1. The first-order valence-corrected chi connectivity index (χ1v) is 8.42. The van der Waals surface area contributed by atoms with Crippen molar-refractivity contribution < 1.29 is 19.0 Å². The Bertz CT molecular complexity index is 332. The molecule has 0 saturated heterocycles. The van der Waals surface area contributed by atoms with Gasteiger partial charge in [0.25, 0.3) is 0 Å². The summed E-state index contributed by atoms with van der Waals surface area (Å²) < 4.78 is 15.9. The van der Waals surface area contributed by atoms with Crippen LogP contribution in [0.4, 0.5) is 0 Å². The smallest absolute Gasteiger partial charge is 0.305 e. The summed E-state index contributed by atoms with van der Waals surface area (Å²) in [6, 6.07) is 0.